The molecular weight excluding hydrogens is 380 g/mol. The lowest BCUT2D eigenvalue weighted by atomic mass is 10.1. The molecule has 8 heteroatoms. The van der Waals surface area contributed by atoms with Crippen LogP contribution >= 0.6 is 11.6 Å². The molecule has 7 nitrogen and oxygen atoms in total. The zero-order chi connectivity index (χ0) is 20.1. The summed E-state index contributed by atoms with van der Waals surface area (Å²) in [6.07, 6.45) is 1.14. The number of carbonyl (C=O) groups is 2. The van der Waals surface area contributed by atoms with Crippen molar-refractivity contribution in [1.82, 2.24) is 9.78 Å². The number of rotatable bonds is 5. The summed E-state index contributed by atoms with van der Waals surface area (Å²) in [6, 6.07) is 14.0. The molecule has 0 atom stereocenters. The maximum Gasteiger partial charge on any atom is 0.411 e. The summed E-state index contributed by atoms with van der Waals surface area (Å²) in [6.45, 7) is 3.80. The van der Waals surface area contributed by atoms with Gasteiger partial charge in [-0.2, -0.15) is 5.10 Å². The van der Waals surface area contributed by atoms with Gasteiger partial charge in [-0.1, -0.05) is 23.7 Å². The van der Waals surface area contributed by atoms with Gasteiger partial charge in [-0.05, 0) is 55.8 Å². The number of halogens is 1. The summed E-state index contributed by atoms with van der Waals surface area (Å²) in [4.78, 5) is 24.2. The van der Waals surface area contributed by atoms with Gasteiger partial charge in [-0.3, -0.25) is 10.1 Å². The van der Waals surface area contributed by atoms with Crippen molar-refractivity contribution in [2.75, 3.05) is 17.2 Å². The smallest absolute Gasteiger partial charge is 0.411 e. The molecule has 0 aliphatic carbocycles. The summed E-state index contributed by atoms with van der Waals surface area (Å²) < 4.78 is 6.46. The number of nitrogens with one attached hydrogen (secondary N) is 2. The molecule has 0 aliphatic heterocycles. The molecule has 1 aromatic heterocycles. The van der Waals surface area contributed by atoms with E-state index in [-0.39, 0.29) is 18.2 Å². The molecule has 0 bridgehead atoms. The fraction of sp³-hybridized carbons (Fsp3) is 0.150. The van der Waals surface area contributed by atoms with Gasteiger partial charge < -0.3 is 10.1 Å². The Kier molecular flexibility index (Phi) is 5.96. The number of hydrogen-bond acceptors (Lipinski definition) is 4. The fourth-order valence-corrected chi connectivity index (χ4v) is 2.76. The maximum atomic E-state index is 12.6. The summed E-state index contributed by atoms with van der Waals surface area (Å²) in [5.41, 5.74) is 2.84. The predicted octanol–water partition coefficient (Wildman–Crippen LogP) is 4.65. The van der Waals surface area contributed by atoms with Crippen molar-refractivity contribution in [2.45, 2.75) is 13.8 Å². The van der Waals surface area contributed by atoms with Crippen molar-refractivity contribution in [2.24, 2.45) is 0 Å². The van der Waals surface area contributed by atoms with Crippen molar-refractivity contribution in [3.8, 4) is 5.69 Å². The monoisotopic (exact) mass is 398 g/mol. The third-order valence-electron chi connectivity index (χ3n) is 3.99. The normalized spacial score (nSPS) is 10.4. The van der Waals surface area contributed by atoms with Crippen LogP contribution in [-0.2, 0) is 4.74 Å². The van der Waals surface area contributed by atoms with Crippen molar-refractivity contribution >= 4 is 35.0 Å². The second-order valence-electron chi connectivity index (χ2n) is 5.90. The number of amides is 2. The van der Waals surface area contributed by atoms with E-state index in [0.717, 1.165) is 5.69 Å². The second kappa shape index (κ2) is 8.58. The average Bonchev–Trinajstić information content (AvgIpc) is 3.15. The van der Waals surface area contributed by atoms with Crippen LogP contribution in [-0.4, -0.2) is 28.4 Å². The molecular formula is C20H19ClN4O3. The van der Waals surface area contributed by atoms with E-state index in [1.54, 1.807) is 61.1 Å². The van der Waals surface area contributed by atoms with E-state index in [1.165, 1.54) is 0 Å². The Morgan fingerprint density at radius 1 is 1.11 bits per heavy atom. The highest BCUT2D eigenvalue weighted by Crippen LogP contribution is 2.24. The van der Waals surface area contributed by atoms with Gasteiger partial charge in [0, 0.05) is 22.6 Å². The zero-order valence-corrected chi connectivity index (χ0v) is 16.2. The van der Waals surface area contributed by atoms with Gasteiger partial charge in [0.05, 0.1) is 12.3 Å². The second-order valence-corrected chi connectivity index (χ2v) is 6.34. The van der Waals surface area contributed by atoms with E-state index in [2.05, 4.69) is 15.7 Å². The first-order chi connectivity index (χ1) is 13.5. The fourth-order valence-electron chi connectivity index (χ4n) is 2.58. The molecule has 0 saturated carbocycles. The van der Waals surface area contributed by atoms with E-state index in [0.29, 0.717) is 22.0 Å². The van der Waals surface area contributed by atoms with E-state index in [4.69, 9.17) is 16.3 Å². The standard InChI is InChI=1S/C20H19ClN4O3/c1-3-28-20(27)23-17-9-5-8-16(13(17)2)22-19(26)18-10-11-25(24-18)15-7-4-6-14(21)12-15/h4-12H,3H2,1-2H3,(H,22,26)(H,23,27). The molecule has 2 aromatic carbocycles. The Morgan fingerprint density at radius 2 is 1.82 bits per heavy atom. The number of nitrogens with zero attached hydrogens (tertiary/aromatic N) is 2. The van der Waals surface area contributed by atoms with Crippen LogP contribution in [0.1, 0.15) is 23.0 Å². The van der Waals surface area contributed by atoms with Crippen LogP contribution in [0.15, 0.2) is 54.7 Å². The molecule has 0 saturated heterocycles. The van der Waals surface area contributed by atoms with Crippen LogP contribution in [0, 0.1) is 6.92 Å². The van der Waals surface area contributed by atoms with Gasteiger partial charge in [-0.25, -0.2) is 9.48 Å². The summed E-state index contributed by atoms with van der Waals surface area (Å²) in [5, 5.41) is 10.3. The lowest BCUT2D eigenvalue weighted by molar-refractivity contribution is 0.102. The van der Waals surface area contributed by atoms with E-state index in [9.17, 15) is 9.59 Å². The first kappa shape index (κ1) is 19.4. The highest BCUT2D eigenvalue weighted by Gasteiger charge is 2.14. The van der Waals surface area contributed by atoms with Crippen LogP contribution < -0.4 is 10.6 Å². The molecule has 2 N–H and O–H groups in total. The molecule has 0 spiro atoms. The Balaban J connectivity index is 1.76. The lowest BCUT2D eigenvalue weighted by Gasteiger charge is -2.12. The van der Waals surface area contributed by atoms with Crippen LogP contribution in [0.3, 0.4) is 0 Å². The molecule has 0 aliphatic rings. The minimum Gasteiger partial charge on any atom is -0.450 e. The first-order valence-corrected chi connectivity index (χ1v) is 9.02. The van der Waals surface area contributed by atoms with Crippen LogP contribution in [0.25, 0.3) is 5.69 Å². The summed E-state index contributed by atoms with van der Waals surface area (Å²) in [5.74, 6) is -0.364. The van der Waals surface area contributed by atoms with E-state index in [1.807, 2.05) is 12.1 Å². The Bertz CT molecular complexity index is 1020. The largest absolute Gasteiger partial charge is 0.450 e. The average molecular weight is 399 g/mol. The SMILES string of the molecule is CCOC(=O)Nc1cccc(NC(=O)c2ccn(-c3cccc(Cl)c3)n2)c1C. The van der Waals surface area contributed by atoms with Gasteiger partial charge in [0.2, 0.25) is 0 Å². The highest BCUT2D eigenvalue weighted by molar-refractivity contribution is 6.30. The molecule has 3 aromatic rings. The Labute approximate surface area is 167 Å². The number of benzene rings is 2. The number of anilines is 2. The van der Waals surface area contributed by atoms with Crippen molar-refractivity contribution < 1.29 is 14.3 Å². The molecule has 0 radical (unpaired) electrons. The molecule has 144 valence electrons. The highest BCUT2D eigenvalue weighted by atomic mass is 35.5. The Morgan fingerprint density at radius 3 is 2.54 bits per heavy atom. The minimum atomic E-state index is -0.547. The van der Waals surface area contributed by atoms with Crippen LogP contribution in [0.5, 0.6) is 0 Å². The summed E-state index contributed by atoms with van der Waals surface area (Å²) >= 11 is 6.00. The number of ether oxygens (including phenoxy) is 1. The minimum absolute atomic E-state index is 0.253. The third-order valence-corrected chi connectivity index (χ3v) is 4.22. The van der Waals surface area contributed by atoms with Gasteiger partial charge in [0.1, 0.15) is 0 Å². The summed E-state index contributed by atoms with van der Waals surface area (Å²) in [7, 11) is 0. The van der Waals surface area contributed by atoms with Crippen LogP contribution in [0.2, 0.25) is 5.02 Å². The molecule has 0 fully saturated rings. The topological polar surface area (TPSA) is 85.3 Å². The Hall–Kier alpha value is -3.32. The number of aromatic nitrogens is 2. The molecule has 1 heterocycles. The molecule has 0 unspecified atom stereocenters. The van der Waals surface area contributed by atoms with E-state index < -0.39 is 6.09 Å². The number of carbonyl (C=O) groups excluding carboxylic acids is 2. The van der Waals surface area contributed by atoms with E-state index >= 15 is 0 Å². The van der Waals surface area contributed by atoms with Crippen molar-refractivity contribution in [3.05, 3.63) is 71.0 Å². The third kappa shape index (κ3) is 4.50. The molecule has 2 amide bonds. The van der Waals surface area contributed by atoms with Gasteiger partial charge in [0.25, 0.3) is 5.91 Å². The molecule has 3 rings (SSSR count). The van der Waals surface area contributed by atoms with Crippen molar-refractivity contribution in [1.29, 1.82) is 0 Å². The zero-order valence-electron chi connectivity index (χ0n) is 15.4. The van der Waals surface area contributed by atoms with Gasteiger partial charge in [0.15, 0.2) is 5.69 Å². The van der Waals surface area contributed by atoms with Crippen molar-refractivity contribution in [3.63, 3.8) is 0 Å². The maximum absolute atomic E-state index is 12.6. The quantitative estimate of drug-likeness (QED) is 0.654. The molecule has 28 heavy (non-hydrogen) atoms. The first-order valence-electron chi connectivity index (χ1n) is 8.64. The number of hydrogen-bond donors (Lipinski definition) is 2. The van der Waals surface area contributed by atoms with Gasteiger partial charge in [-0.15, -0.1) is 0 Å². The lowest BCUT2D eigenvalue weighted by Crippen LogP contribution is -2.17. The van der Waals surface area contributed by atoms with Gasteiger partial charge >= 0.3 is 6.09 Å². The predicted molar refractivity (Wildman–Crippen MR) is 108 cm³/mol. The van der Waals surface area contributed by atoms with Crippen LogP contribution in [0.4, 0.5) is 16.2 Å².